The first-order valence-corrected chi connectivity index (χ1v) is 6.04. The normalized spacial score (nSPS) is 10.6. The van der Waals surface area contributed by atoms with E-state index in [1.165, 1.54) is 0 Å². The van der Waals surface area contributed by atoms with Crippen molar-refractivity contribution in [3.63, 3.8) is 0 Å². The monoisotopic (exact) mass is 254 g/mol. The van der Waals surface area contributed by atoms with E-state index in [4.69, 9.17) is 9.15 Å². The quantitative estimate of drug-likeness (QED) is 0.774. The number of furan rings is 1. The molecule has 0 aliphatic rings. The fourth-order valence-corrected chi connectivity index (χ4v) is 2.00. The molecule has 96 valence electrons. The van der Waals surface area contributed by atoms with Gasteiger partial charge in [0, 0.05) is 23.7 Å². The van der Waals surface area contributed by atoms with Gasteiger partial charge in [-0.3, -0.25) is 0 Å². The van der Waals surface area contributed by atoms with Crippen LogP contribution in [0, 0.1) is 0 Å². The first-order valence-electron chi connectivity index (χ1n) is 6.04. The average molecular weight is 254 g/mol. The van der Waals surface area contributed by atoms with Crippen LogP contribution in [0.2, 0.25) is 0 Å². The Labute approximate surface area is 111 Å². The lowest BCUT2D eigenvalue weighted by Gasteiger charge is -2.08. The molecule has 4 heteroatoms. The van der Waals surface area contributed by atoms with Gasteiger partial charge in [-0.05, 0) is 35.7 Å². The highest BCUT2D eigenvalue weighted by Crippen LogP contribution is 2.25. The molecule has 4 nitrogen and oxygen atoms in total. The molecule has 2 aromatic heterocycles. The Balaban J connectivity index is 1.90. The number of hydrogen-bond donors (Lipinski definition) is 1. The van der Waals surface area contributed by atoms with Gasteiger partial charge in [0.15, 0.2) is 0 Å². The molecule has 0 aliphatic carbocycles. The van der Waals surface area contributed by atoms with Crippen LogP contribution >= 0.6 is 0 Å². The Morgan fingerprint density at radius 1 is 1.26 bits per heavy atom. The second-order valence-electron chi connectivity index (χ2n) is 4.23. The number of anilines is 1. The molecule has 0 atom stereocenters. The summed E-state index contributed by atoms with van der Waals surface area (Å²) in [6.45, 7) is 0.689. The minimum Gasteiger partial charge on any atom is -0.497 e. The lowest BCUT2D eigenvalue weighted by atomic mass is 10.1. The molecule has 19 heavy (non-hydrogen) atoms. The molecule has 0 spiro atoms. The summed E-state index contributed by atoms with van der Waals surface area (Å²) >= 11 is 0. The van der Waals surface area contributed by atoms with Crippen molar-refractivity contribution in [2.75, 3.05) is 12.4 Å². The molecular weight excluding hydrogens is 240 g/mol. The minimum absolute atomic E-state index is 0.689. The van der Waals surface area contributed by atoms with Crippen LogP contribution in [-0.4, -0.2) is 12.1 Å². The van der Waals surface area contributed by atoms with Crippen LogP contribution in [0.5, 0.6) is 5.75 Å². The van der Waals surface area contributed by atoms with Gasteiger partial charge in [0.1, 0.15) is 11.6 Å². The molecule has 0 unspecified atom stereocenters. The summed E-state index contributed by atoms with van der Waals surface area (Å²) in [7, 11) is 1.67. The third-order valence-corrected chi connectivity index (χ3v) is 3.01. The first kappa shape index (κ1) is 11.6. The average Bonchev–Trinajstić information content (AvgIpc) is 2.97. The Morgan fingerprint density at radius 3 is 3.00 bits per heavy atom. The van der Waals surface area contributed by atoms with Crippen LogP contribution in [0.4, 0.5) is 5.82 Å². The van der Waals surface area contributed by atoms with Crippen LogP contribution < -0.4 is 10.1 Å². The van der Waals surface area contributed by atoms with Gasteiger partial charge in [0.05, 0.1) is 19.6 Å². The van der Waals surface area contributed by atoms with Crippen LogP contribution in [-0.2, 0) is 6.54 Å². The molecule has 2 heterocycles. The lowest BCUT2D eigenvalue weighted by Crippen LogP contribution is -2.00. The molecule has 0 bridgehead atoms. The molecule has 3 aromatic rings. The maximum atomic E-state index is 5.23. The third-order valence-electron chi connectivity index (χ3n) is 3.01. The number of ether oxygens (including phenoxy) is 1. The van der Waals surface area contributed by atoms with Crippen LogP contribution in [0.15, 0.2) is 53.5 Å². The number of aromatic nitrogens is 1. The molecular formula is C15H14N2O2. The van der Waals surface area contributed by atoms with E-state index in [2.05, 4.69) is 10.3 Å². The number of rotatable bonds is 4. The second-order valence-corrected chi connectivity index (χ2v) is 4.23. The predicted molar refractivity (Wildman–Crippen MR) is 74.3 cm³/mol. The van der Waals surface area contributed by atoms with E-state index in [9.17, 15) is 0 Å². The molecule has 1 N–H and O–H groups in total. The summed E-state index contributed by atoms with van der Waals surface area (Å²) in [6, 6.07) is 9.86. The number of pyridine rings is 1. The smallest absolute Gasteiger partial charge is 0.134 e. The van der Waals surface area contributed by atoms with E-state index in [1.807, 2.05) is 30.3 Å². The minimum atomic E-state index is 0.689. The Morgan fingerprint density at radius 2 is 2.21 bits per heavy atom. The molecule has 0 saturated heterocycles. The van der Waals surface area contributed by atoms with Crippen molar-refractivity contribution in [3.8, 4) is 5.75 Å². The van der Waals surface area contributed by atoms with Gasteiger partial charge < -0.3 is 14.5 Å². The zero-order chi connectivity index (χ0) is 13.1. The van der Waals surface area contributed by atoms with E-state index < -0.39 is 0 Å². The topological polar surface area (TPSA) is 47.3 Å². The van der Waals surface area contributed by atoms with Crippen molar-refractivity contribution in [1.82, 2.24) is 4.98 Å². The van der Waals surface area contributed by atoms with Gasteiger partial charge in [0.25, 0.3) is 0 Å². The number of nitrogens with one attached hydrogen (secondary N) is 1. The van der Waals surface area contributed by atoms with Crippen molar-refractivity contribution in [2.45, 2.75) is 6.54 Å². The SMILES string of the molecule is COc1ccc2c(NCc3ccoc3)nccc2c1. The molecule has 0 saturated carbocycles. The van der Waals surface area contributed by atoms with Gasteiger partial charge in [-0.25, -0.2) is 4.98 Å². The largest absolute Gasteiger partial charge is 0.497 e. The number of fused-ring (bicyclic) bond motifs is 1. The summed E-state index contributed by atoms with van der Waals surface area (Å²) in [4.78, 5) is 4.38. The highest BCUT2D eigenvalue weighted by molar-refractivity contribution is 5.92. The Bertz CT molecular complexity index is 678. The van der Waals surface area contributed by atoms with Gasteiger partial charge >= 0.3 is 0 Å². The van der Waals surface area contributed by atoms with E-state index in [-0.39, 0.29) is 0 Å². The van der Waals surface area contributed by atoms with Gasteiger partial charge in [-0.1, -0.05) is 0 Å². The standard InChI is InChI=1S/C15H14N2O2/c1-18-13-2-3-14-12(8-13)4-6-16-15(14)17-9-11-5-7-19-10-11/h2-8,10H,9H2,1H3,(H,16,17). The zero-order valence-electron chi connectivity index (χ0n) is 10.6. The van der Waals surface area contributed by atoms with Crippen molar-refractivity contribution >= 4 is 16.6 Å². The van der Waals surface area contributed by atoms with Crippen molar-refractivity contribution in [3.05, 3.63) is 54.6 Å². The second kappa shape index (κ2) is 5.02. The molecule has 0 fully saturated rings. The third kappa shape index (κ3) is 2.38. The summed E-state index contributed by atoms with van der Waals surface area (Å²) in [6.07, 6.45) is 5.18. The van der Waals surface area contributed by atoms with Gasteiger partial charge in [-0.2, -0.15) is 0 Å². The van der Waals surface area contributed by atoms with Gasteiger partial charge in [0.2, 0.25) is 0 Å². The van der Waals surface area contributed by atoms with E-state index in [0.717, 1.165) is 27.9 Å². The van der Waals surface area contributed by atoms with E-state index >= 15 is 0 Å². The van der Waals surface area contributed by atoms with E-state index in [1.54, 1.807) is 25.8 Å². The number of methoxy groups -OCH3 is 1. The highest BCUT2D eigenvalue weighted by atomic mass is 16.5. The van der Waals surface area contributed by atoms with Crippen LogP contribution in [0.3, 0.4) is 0 Å². The van der Waals surface area contributed by atoms with Crippen molar-refractivity contribution in [1.29, 1.82) is 0 Å². The number of benzene rings is 1. The summed E-state index contributed by atoms with van der Waals surface area (Å²) in [5.74, 6) is 1.71. The summed E-state index contributed by atoms with van der Waals surface area (Å²) < 4.78 is 10.3. The van der Waals surface area contributed by atoms with E-state index in [0.29, 0.717) is 6.54 Å². The first-order chi connectivity index (χ1) is 9.36. The molecule has 1 aromatic carbocycles. The summed E-state index contributed by atoms with van der Waals surface area (Å²) in [5.41, 5.74) is 1.09. The molecule has 3 rings (SSSR count). The maximum absolute atomic E-state index is 5.23. The van der Waals surface area contributed by atoms with Crippen LogP contribution in [0.25, 0.3) is 10.8 Å². The fourth-order valence-electron chi connectivity index (χ4n) is 2.00. The fraction of sp³-hybridized carbons (Fsp3) is 0.133. The zero-order valence-corrected chi connectivity index (χ0v) is 10.6. The van der Waals surface area contributed by atoms with Crippen molar-refractivity contribution in [2.24, 2.45) is 0 Å². The highest BCUT2D eigenvalue weighted by Gasteiger charge is 2.04. The predicted octanol–water partition coefficient (Wildman–Crippen LogP) is 3.45. The number of nitrogens with zero attached hydrogens (tertiary/aromatic N) is 1. The summed E-state index contributed by atoms with van der Waals surface area (Å²) in [5, 5.41) is 5.49. The molecule has 0 amide bonds. The molecule has 0 aliphatic heterocycles. The molecule has 0 radical (unpaired) electrons. The van der Waals surface area contributed by atoms with Gasteiger partial charge in [-0.15, -0.1) is 0 Å². The Hall–Kier alpha value is -2.49. The Kier molecular flexibility index (Phi) is 3.06. The maximum Gasteiger partial charge on any atom is 0.134 e. The van der Waals surface area contributed by atoms with Crippen molar-refractivity contribution < 1.29 is 9.15 Å². The van der Waals surface area contributed by atoms with Crippen LogP contribution in [0.1, 0.15) is 5.56 Å². The lowest BCUT2D eigenvalue weighted by molar-refractivity contribution is 0.415. The number of hydrogen-bond acceptors (Lipinski definition) is 4.